The fraction of sp³-hybridized carbons (Fsp3) is 0.647. The second kappa shape index (κ2) is 7.47. The first-order chi connectivity index (χ1) is 10.4. The smallest absolute Gasteiger partial charge is 0.151 e. The van der Waals surface area contributed by atoms with E-state index >= 15 is 0 Å². The van der Waals surface area contributed by atoms with E-state index in [4.69, 9.17) is 4.74 Å². The third-order valence-electron chi connectivity index (χ3n) is 4.61. The summed E-state index contributed by atoms with van der Waals surface area (Å²) in [4.78, 5) is 0. The molecule has 2 rings (SSSR count). The quantitative estimate of drug-likeness (QED) is 0.874. The summed E-state index contributed by atoms with van der Waals surface area (Å²) in [5.41, 5.74) is 1.16. The highest BCUT2D eigenvalue weighted by molar-refractivity contribution is 7.91. The number of para-hydroxylation sites is 1. The first-order valence-electron chi connectivity index (χ1n) is 7.98. The van der Waals surface area contributed by atoms with Gasteiger partial charge in [-0.3, -0.25) is 0 Å². The van der Waals surface area contributed by atoms with Gasteiger partial charge in [0.25, 0.3) is 0 Å². The summed E-state index contributed by atoms with van der Waals surface area (Å²) in [5, 5.41) is 3.25. The second-order valence-electron chi connectivity index (χ2n) is 6.31. The molecular weight excluding hydrogens is 298 g/mol. The van der Waals surface area contributed by atoms with Crippen LogP contribution in [-0.4, -0.2) is 39.6 Å². The van der Waals surface area contributed by atoms with Crippen LogP contribution in [0.5, 0.6) is 5.75 Å². The number of benzene rings is 1. The Morgan fingerprint density at radius 3 is 2.64 bits per heavy atom. The number of methoxy groups -OCH3 is 1. The van der Waals surface area contributed by atoms with Gasteiger partial charge in [-0.1, -0.05) is 38.0 Å². The molecule has 4 nitrogen and oxygen atoms in total. The van der Waals surface area contributed by atoms with Crippen LogP contribution >= 0.6 is 0 Å². The molecule has 1 N–H and O–H groups in total. The largest absolute Gasteiger partial charge is 0.496 e. The molecule has 1 aromatic carbocycles. The summed E-state index contributed by atoms with van der Waals surface area (Å²) in [6.07, 6.45) is 5.20. The summed E-state index contributed by atoms with van der Waals surface area (Å²) in [6.45, 7) is 2.90. The molecule has 1 fully saturated rings. The van der Waals surface area contributed by atoms with Crippen LogP contribution in [0.1, 0.15) is 44.1 Å². The lowest BCUT2D eigenvalue weighted by atomic mass is 9.93. The third kappa shape index (κ3) is 4.23. The molecule has 1 aliphatic rings. The van der Waals surface area contributed by atoms with Crippen LogP contribution in [0.3, 0.4) is 0 Å². The van der Waals surface area contributed by atoms with Crippen molar-refractivity contribution in [2.45, 2.75) is 49.8 Å². The Kier molecular flexibility index (Phi) is 5.87. The lowest BCUT2D eigenvalue weighted by Crippen LogP contribution is -2.47. The Morgan fingerprint density at radius 1 is 1.27 bits per heavy atom. The number of rotatable bonds is 6. The van der Waals surface area contributed by atoms with E-state index < -0.39 is 9.84 Å². The molecule has 0 saturated heterocycles. The molecule has 0 aromatic heterocycles. The normalized spacial score (nSPS) is 24.0. The van der Waals surface area contributed by atoms with Gasteiger partial charge in [0, 0.05) is 18.8 Å². The Morgan fingerprint density at radius 2 is 1.95 bits per heavy atom. The van der Waals surface area contributed by atoms with Gasteiger partial charge >= 0.3 is 0 Å². The number of hydrogen-bond donors (Lipinski definition) is 1. The van der Waals surface area contributed by atoms with E-state index in [9.17, 15) is 8.42 Å². The van der Waals surface area contributed by atoms with Gasteiger partial charge in [-0.25, -0.2) is 8.42 Å². The minimum atomic E-state index is -2.99. The van der Waals surface area contributed by atoms with Crippen molar-refractivity contribution < 1.29 is 13.2 Å². The molecule has 1 aromatic rings. The molecule has 0 radical (unpaired) electrons. The first-order valence-corrected chi connectivity index (χ1v) is 9.94. The molecule has 0 heterocycles. The summed E-state index contributed by atoms with van der Waals surface area (Å²) < 4.78 is 29.3. The highest BCUT2D eigenvalue weighted by atomic mass is 32.2. The summed E-state index contributed by atoms with van der Waals surface area (Å²) in [6, 6.07) is 8.07. The van der Waals surface area contributed by atoms with Crippen molar-refractivity contribution >= 4 is 9.84 Å². The molecule has 3 atom stereocenters. The molecule has 0 spiro atoms. The van der Waals surface area contributed by atoms with Crippen LogP contribution in [0.2, 0.25) is 0 Å². The Hall–Kier alpha value is -1.07. The predicted octanol–water partition coefficient (Wildman–Crippen LogP) is 2.74. The van der Waals surface area contributed by atoms with Crippen LogP contribution < -0.4 is 10.1 Å². The van der Waals surface area contributed by atoms with Crippen molar-refractivity contribution in [1.29, 1.82) is 0 Å². The van der Waals surface area contributed by atoms with Crippen LogP contribution in [0.4, 0.5) is 0 Å². The predicted molar refractivity (Wildman–Crippen MR) is 90.3 cm³/mol. The molecule has 0 aliphatic heterocycles. The van der Waals surface area contributed by atoms with Crippen molar-refractivity contribution in [3.05, 3.63) is 29.8 Å². The fourth-order valence-corrected chi connectivity index (χ4v) is 4.78. The maximum absolute atomic E-state index is 12.0. The maximum atomic E-state index is 12.0. The first kappa shape index (κ1) is 17.3. The summed E-state index contributed by atoms with van der Waals surface area (Å²) >= 11 is 0. The Labute approximate surface area is 134 Å². The fourth-order valence-electron chi connectivity index (χ4n) is 3.35. The molecule has 5 heteroatoms. The highest BCUT2D eigenvalue weighted by Gasteiger charge is 2.32. The van der Waals surface area contributed by atoms with Crippen molar-refractivity contribution in [2.24, 2.45) is 0 Å². The van der Waals surface area contributed by atoms with Gasteiger partial charge in [0.05, 0.1) is 12.4 Å². The van der Waals surface area contributed by atoms with Crippen LogP contribution in [0, 0.1) is 0 Å². The van der Waals surface area contributed by atoms with E-state index in [1.807, 2.05) is 18.2 Å². The van der Waals surface area contributed by atoms with Crippen molar-refractivity contribution in [1.82, 2.24) is 5.32 Å². The molecule has 0 bridgehead atoms. The second-order valence-corrected chi connectivity index (χ2v) is 8.57. The molecule has 1 saturated carbocycles. The van der Waals surface area contributed by atoms with Gasteiger partial charge in [0.2, 0.25) is 0 Å². The average Bonchev–Trinajstić information content (AvgIpc) is 2.52. The van der Waals surface area contributed by atoms with E-state index in [0.29, 0.717) is 0 Å². The van der Waals surface area contributed by atoms with Gasteiger partial charge in [-0.2, -0.15) is 0 Å². The monoisotopic (exact) mass is 325 g/mol. The van der Waals surface area contributed by atoms with Gasteiger partial charge < -0.3 is 10.1 Å². The lowest BCUT2D eigenvalue weighted by Gasteiger charge is -2.32. The zero-order valence-corrected chi connectivity index (χ0v) is 14.5. The molecular formula is C17H27NO3S. The summed E-state index contributed by atoms with van der Waals surface area (Å²) in [5.74, 6) is 1.17. The Bertz CT molecular complexity index is 585. The SMILES string of the molecule is COc1ccccc1[C@H](C)CN[C@H]1CCCC[C@@H]1S(C)(=O)=O. The zero-order valence-electron chi connectivity index (χ0n) is 13.7. The molecule has 124 valence electrons. The zero-order chi connectivity index (χ0) is 16.2. The van der Waals surface area contributed by atoms with Crippen LogP contribution in [0.25, 0.3) is 0 Å². The topological polar surface area (TPSA) is 55.4 Å². The van der Waals surface area contributed by atoms with Gasteiger partial charge in [0.1, 0.15) is 5.75 Å². The molecule has 1 aliphatic carbocycles. The molecule has 22 heavy (non-hydrogen) atoms. The van der Waals surface area contributed by atoms with Crippen molar-refractivity contribution in [3.8, 4) is 5.75 Å². The van der Waals surface area contributed by atoms with E-state index in [1.54, 1.807) is 7.11 Å². The van der Waals surface area contributed by atoms with E-state index in [2.05, 4.69) is 18.3 Å². The molecule has 0 amide bonds. The minimum absolute atomic E-state index is 0.0703. The summed E-state index contributed by atoms with van der Waals surface area (Å²) in [7, 11) is -1.31. The maximum Gasteiger partial charge on any atom is 0.151 e. The van der Waals surface area contributed by atoms with Crippen LogP contribution in [0.15, 0.2) is 24.3 Å². The highest BCUT2D eigenvalue weighted by Crippen LogP contribution is 2.27. The lowest BCUT2D eigenvalue weighted by molar-refractivity contribution is 0.362. The minimum Gasteiger partial charge on any atom is -0.496 e. The van der Waals surface area contributed by atoms with E-state index in [1.165, 1.54) is 6.26 Å². The van der Waals surface area contributed by atoms with Crippen molar-refractivity contribution in [2.75, 3.05) is 19.9 Å². The van der Waals surface area contributed by atoms with E-state index in [-0.39, 0.29) is 17.2 Å². The van der Waals surface area contributed by atoms with Crippen molar-refractivity contribution in [3.63, 3.8) is 0 Å². The number of hydrogen-bond acceptors (Lipinski definition) is 4. The standard InChI is InChI=1S/C17H27NO3S/c1-13(14-8-4-6-10-16(14)21-2)12-18-15-9-5-7-11-17(15)22(3,19)20/h4,6,8,10,13,15,17-18H,5,7,9,11-12H2,1-3H3/t13-,15+,17+/m1/s1. The molecule has 0 unspecified atom stereocenters. The third-order valence-corrected chi connectivity index (χ3v) is 6.27. The Balaban J connectivity index is 2.01. The van der Waals surface area contributed by atoms with Crippen LogP contribution in [-0.2, 0) is 9.84 Å². The number of sulfone groups is 1. The number of nitrogens with one attached hydrogen (secondary N) is 1. The van der Waals surface area contributed by atoms with Gasteiger partial charge in [-0.15, -0.1) is 0 Å². The van der Waals surface area contributed by atoms with Gasteiger partial charge in [-0.05, 0) is 30.4 Å². The van der Waals surface area contributed by atoms with E-state index in [0.717, 1.165) is 43.5 Å². The average molecular weight is 325 g/mol. The van der Waals surface area contributed by atoms with Gasteiger partial charge in [0.15, 0.2) is 9.84 Å². The number of ether oxygens (including phenoxy) is 1.